The van der Waals surface area contributed by atoms with Crippen molar-refractivity contribution in [1.29, 1.82) is 0 Å². The summed E-state index contributed by atoms with van der Waals surface area (Å²) in [5.41, 5.74) is 0.921. The van der Waals surface area contributed by atoms with Gasteiger partial charge in [-0.1, -0.05) is 32.0 Å². The van der Waals surface area contributed by atoms with Crippen molar-refractivity contribution in [3.8, 4) is 0 Å². The molecule has 2 heteroatoms. The van der Waals surface area contributed by atoms with Crippen LogP contribution in [0.4, 0.5) is 8.78 Å². The number of hydrogen-bond donors (Lipinski definition) is 0. The van der Waals surface area contributed by atoms with Gasteiger partial charge in [-0.2, -0.15) is 0 Å². The van der Waals surface area contributed by atoms with Crippen molar-refractivity contribution in [2.24, 2.45) is 0 Å². The Morgan fingerprint density at radius 1 is 1.07 bits per heavy atom. The minimum Gasteiger partial charge on any atom is -0.207 e. The maximum absolute atomic E-state index is 13.6. The van der Waals surface area contributed by atoms with Crippen molar-refractivity contribution in [3.05, 3.63) is 47.5 Å². The highest BCUT2D eigenvalue weighted by Gasteiger charge is 2.10. The van der Waals surface area contributed by atoms with E-state index < -0.39 is 11.6 Å². The van der Waals surface area contributed by atoms with Crippen LogP contribution in [0.15, 0.2) is 30.3 Å². The highest BCUT2D eigenvalue weighted by molar-refractivity contribution is 5.86. The largest absolute Gasteiger partial charge is 0.207 e. The summed E-state index contributed by atoms with van der Waals surface area (Å²) in [4.78, 5) is 0. The fraction of sp³-hybridized carbons (Fsp3) is 0.231. The third-order valence-electron chi connectivity index (χ3n) is 2.55. The van der Waals surface area contributed by atoms with Gasteiger partial charge in [-0.3, -0.25) is 0 Å². The van der Waals surface area contributed by atoms with E-state index >= 15 is 0 Å². The summed E-state index contributed by atoms with van der Waals surface area (Å²) < 4.78 is 26.6. The predicted molar refractivity (Wildman–Crippen MR) is 58.0 cm³/mol. The van der Waals surface area contributed by atoms with Crippen LogP contribution in [0.3, 0.4) is 0 Å². The van der Waals surface area contributed by atoms with Crippen molar-refractivity contribution in [2.45, 2.75) is 19.8 Å². The van der Waals surface area contributed by atoms with Crippen LogP contribution in [0.2, 0.25) is 0 Å². The zero-order chi connectivity index (χ0) is 11.0. The number of hydrogen-bond acceptors (Lipinski definition) is 0. The van der Waals surface area contributed by atoms with Gasteiger partial charge in [0.25, 0.3) is 0 Å². The summed E-state index contributed by atoms with van der Waals surface area (Å²) in [6.07, 6.45) is 0. The lowest BCUT2D eigenvalue weighted by Gasteiger charge is -2.10. The second kappa shape index (κ2) is 3.61. The number of rotatable bonds is 1. The molecule has 2 aromatic rings. The molecule has 0 unspecified atom stereocenters. The molecule has 0 heterocycles. The predicted octanol–water partition coefficient (Wildman–Crippen LogP) is 4.24. The van der Waals surface area contributed by atoms with E-state index in [1.54, 1.807) is 6.07 Å². The standard InChI is InChI=1S/C13H12F2/c1-8(2)11-5-3-4-9-6-10(14)7-12(15)13(9)11/h3-8H,1-2H3. The first-order valence-corrected chi connectivity index (χ1v) is 4.97. The molecule has 0 amide bonds. The molecule has 0 saturated carbocycles. The van der Waals surface area contributed by atoms with E-state index in [1.165, 1.54) is 6.07 Å². The third kappa shape index (κ3) is 1.72. The van der Waals surface area contributed by atoms with Crippen molar-refractivity contribution < 1.29 is 8.78 Å². The second-order valence-electron chi connectivity index (χ2n) is 3.99. The molecule has 2 rings (SSSR count). The first-order valence-electron chi connectivity index (χ1n) is 4.97. The maximum atomic E-state index is 13.6. The summed E-state index contributed by atoms with van der Waals surface area (Å²) >= 11 is 0. The van der Waals surface area contributed by atoms with Crippen LogP contribution in [-0.4, -0.2) is 0 Å². The van der Waals surface area contributed by atoms with E-state index in [0.29, 0.717) is 10.8 Å². The van der Waals surface area contributed by atoms with Gasteiger partial charge in [0.05, 0.1) is 0 Å². The summed E-state index contributed by atoms with van der Waals surface area (Å²) in [5.74, 6) is -0.774. The molecule has 2 aromatic carbocycles. The van der Waals surface area contributed by atoms with Crippen LogP contribution in [0, 0.1) is 11.6 Å². The van der Waals surface area contributed by atoms with Crippen molar-refractivity contribution >= 4 is 10.8 Å². The second-order valence-corrected chi connectivity index (χ2v) is 3.99. The highest BCUT2D eigenvalue weighted by atomic mass is 19.1. The Hall–Kier alpha value is -1.44. The van der Waals surface area contributed by atoms with E-state index in [0.717, 1.165) is 11.6 Å². The zero-order valence-electron chi connectivity index (χ0n) is 8.72. The van der Waals surface area contributed by atoms with Gasteiger partial charge in [0, 0.05) is 11.5 Å². The van der Waals surface area contributed by atoms with E-state index in [9.17, 15) is 8.78 Å². The fourth-order valence-corrected chi connectivity index (χ4v) is 1.85. The summed E-state index contributed by atoms with van der Waals surface area (Å²) in [6.45, 7) is 4.00. The van der Waals surface area contributed by atoms with Gasteiger partial charge in [-0.15, -0.1) is 0 Å². The van der Waals surface area contributed by atoms with Crippen LogP contribution >= 0.6 is 0 Å². The van der Waals surface area contributed by atoms with Crippen LogP contribution < -0.4 is 0 Å². The molecule has 0 nitrogen and oxygen atoms in total. The van der Waals surface area contributed by atoms with E-state index in [-0.39, 0.29) is 5.92 Å². The molecule has 0 aliphatic carbocycles. The fourth-order valence-electron chi connectivity index (χ4n) is 1.85. The summed E-state index contributed by atoms with van der Waals surface area (Å²) in [6, 6.07) is 7.75. The smallest absolute Gasteiger partial charge is 0.134 e. The Bertz CT molecular complexity index is 501. The van der Waals surface area contributed by atoms with Gasteiger partial charge in [-0.25, -0.2) is 8.78 Å². The Morgan fingerprint density at radius 3 is 2.47 bits per heavy atom. The number of benzene rings is 2. The minimum atomic E-state index is -0.527. The van der Waals surface area contributed by atoms with Crippen LogP contribution in [0.25, 0.3) is 10.8 Å². The average molecular weight is 206 g/mol. The van der Waals surface area contributed by atoms with Crippen LogP contribution in [-0.2, 0) is 0 Å². The molecule has 0 saturated heterocycles. The molecule has 0 radical (unpaired) electrons. The third-order valence-corrected chi connectivity index (χ3v) is 2.55. The normalized spacial score (nSPS) is 11.3. The zero-order valence-corrected chi connectivity index (χ0v) is 8.72. The van der Waals surface area contributed by atoms with Gasteiger partial charge in [-0.05, 0) is 22.9 Å². The molecule has 0 N–H and O–H groups in total. The van der Waals surface area contributed by atoms with Crippen LogP contribution in [0.5, 0.6) is 0 Å². The van der Waals surface area contributed by atoms with Gasteiger partial charge < -0.3 is 0 Å². The van der Waals surface area contributed by atoms with E-state index in [4.69, 9.17) is 0 Å². The van der Waals surface area contributed by atoms with E-state index in [2.05, 4.69) is 0 Å². The Morgan fingerprint density at radius 2 is 1.80 bits per heavy atom. The summed E-state index contributed by atoms with van der Waals surface area (Å²) in [5, 5.41) is 1.16. The van der Waals surface area contributed by atoms with Crippen molar-refractivity contribution in [1.82, 2.24) is 0 Å². The number of halogens is 2. The van der Waals surface area contributed by atoms with Gasteiger partial charge in [0.15, 0.2) is 0 Å². The molecule has 0 spiro atoms. The molecule has 78 valence electrons. The SMILES string of the molecule is CC(C)c1cccc2cc(F)cc(F)c12. The summed E-state index contributed by atoms with van der Waals surface area (Å²) in [7, 11) is 0. The van der Waals surface area contributed by atoms with Crippen molar-refractivity contribution in [3.63, 3.8) is 0 Å². The molecular formula is C13H12F2. The van der Waals surface area contributed by atoms with Crippen LogP contribution in [0.1, 0.15) is 25.3 Å². The monoisotopic (exact) mass is 206 g/mol. The van der Waals surface area contributed by atoms with Crippen molar-refractivity contribution in [2.75, 3.05) is 0 Å². The Balaban J connectivity index is 2.85. The lowest BCUT2D eigenvalue weighted by atomic mass is 9.96. The quantitative estimate of drug-likeness (QED) is 0.654. The number of fused-ring (bicyclic) bond motifs is 1. The van der Waals surface area contributed by atoms with E-state index in [1.807, 2.05) is 26.0 Å². The first-order chi connectivity index (χ1) is 7.09. The highest BCUT2D eigenvalue weighted by Crippen LogP contribution is 2.28. The van der Waals surface area contributed by atoms with Gasteiger partial charge in [0.1, 0.15) is 11.6 Å². The first kappa shape index (κ1) is 10.1. The molecule has 0 aliphatic heterocycles. The topological polar surface area (TPSA) is 0 Å². The molecule has 0 aromatic heterocycles. The Labute approximate surface area is 87.5 Å². The Kier molecular flexibility index (Phi) is 2.43. The lowest BCUT2D eigenvalue weighted by Crippen LogP contribution is -1.93. The molecule has 0 bridgehead atoms. The average Bonchev–Trinajstić information content (AvgIpc) is 2.16. The molecule has 0 fully saturated rings. The maximum Gasteiger partial charge on any atom is 0.134 e. The molecular weight excluding hydrogens is 194 g/mol. The van der Waals surface area contributed by atoms with Gasteiger partial charge >= 0.3 is 0 Å². The molecule has 15 heavy (non-hydrogen) atoms. The lowest BCUT2D eigenvalue weighted by molar-refractivity contribution is 0.591. The molecule has 0 atom stereocenters. The van der Waals surface area contributed by atoms with Gasteiger partial charge in [0.2, 0.25) is 0 Å². The minimum absolute atomic E-state index is 0.230. The molecule has 0 aliphatic rings.